The van der Waals surface area contributed by atoms with Crippen LogP contribution in [0.25, 0.3) is 0 Å². The van der Waals surface area contributed by atoms with Crippen molar-refractivity contribution < 1.29 is 5.11 Å². The Bertz CT molecular complexity index is 276. The Hall–Kier alpha value is -0.860. The highest BCUT2D eigenvalue weighted by Gasteiger charge is 2.10. The van der Waals surface area contributed by atoms with Crippen LogP contribution in [0, 0.1) is 13.8 Å². The van der Waals surface area contributed by atoms with Gasteiger partial charge >= 0.3 is 0 Å². The van der Waals surface area contributed by atoms with Crippen LogP contribution in [-0.4, -0.2) is 11.7 Å². The number of hydrogen-bond acceptors (Lipinski definition) is 2. The molecule has 2 heteroatoms. The maximum absolute atomic E-state index is 8.75. The molecule has 0 unspecified atom stereocenters. The monoisotopic (exact) mass is 193 g/mol. The molecule has 0 spiro atoms. The van der Waals surface area contributed by atoms with Gasteiger partial charge in [-0.15, -0.1) is 0 Å². The van der Waals surface area contributed by atoms with E-state index in [0.717, 1.165) is 12.8 Å². The second-order valence-electron chi connectivity index (χ2n) is 3.78. The Morgan fingerprint density at radius 1 is 1.29 bits per heavy atom. The van der Waals surface area contributed by atoms with E-state index in [0.29, 0.717) is 0 Å². The molecule has 0 bridgehead atoms. The summed E-state index contributed by atoms with van der Waals surface area (Å²) in [5.41, 5.74) is 9.80. The number of nitrogens with two attached hydrogens (primary N) is 1. The van der Waals surface area contributed by atoms with Gasteiger partial charge in [0, 0.05) is 12.6 Å². The smallest absolute Gasteiger partial charge is 0.0431 e. The minimum Gasteiger partial charge on any atom is -0.396 e. The molecule has 1 rings (SSSR count). The predicted octanol–water partition coefficient (Wildman–Crippen LogP) is 2.08. The van der Waals surface area contributed by atoms with Crippen molar-refractivity contribution in [3.8, 4) is 0 Å². The molecule has 1 aromatic rings. The van der Waals surface area contributed by atoms with E-state index < -0.39 is 0 Å². The van der Waals surface area contributed by atoms with Crippen molar-refractivity contribution in [1.82, 2.24) is 0 Å². The lowest BCUT2D eigenvalue weighted by Crippen LogP contribution is -2.13. The average Bonchev–Trinajstić information content (AvgIpc) is 2.14. The van der Waals surface area contributed by atoms with Crippen LogP contribution in [0.15, 0.2) is 18.2 Å². The highest BCUT2D eigenvalue weighted by atomic mass is 16.2. The fourth-order valence-electron chi connectivity index (χ4n) is 1.87. The summed E-state index contributed by atoms with van der Waals surface area (Å²) in [5.74, 6) is 0. The summed E-state index contributed by atoms with van der Waals surface area (Å²) in [4.78, 5) is 0. The molecule has 14 heavy (non-hydrogen) atoms. The normalized spacial score (nSPS) is 12.9. The molecule has 0 aliphatic rings. The molecule has 78 valence electrons. The minimum atomic E-state index is 0.0587. The molecule has 0 heterocycles. The van der Waals surface area contributed by atoms with Crippen LogP contribution < -0.4 is 5.73 Å². The van der Waals surface area contributed by atoms with Crippen LogP contribution in [0.3, 0.4) is 0 Å². The standard InChI is InChI=1S/C12H19NO/c1-9-5-3-6-10(2)12(9)11(13)7-4-8-14/h3,5-6,11,14H,4,7-8,13H2,1-2H3/t11-/m0/s1. The molecular weight excluding hydrogens is 174 g/mol. The van der Waals surface area contributed by atoms with Crippen LogP contribution in [0.5, 0.6) is 0 Å². The van der Waals surface area contributed by atoms with E-state index in [1.165, 1.54) is 16.7 Å². The van der Waals surface area contributed by atoms with E-state index in [-0.39, 0.29) is 12.6 Å². The van der Waals surface area contributed by atoms with Crippen LogP contribution in [-0.2, 0) is 0 Å². The van der Waals surface area contributed by atoms with Gasteiger partial charge in [-0.05, 0) is 43.4 Å². The van der Waals surface area contributed by atoms with Gasteiger partial charge in [0.1, 0.15) is 0 Å². The van der Waals surface area contributed by atoms with Crippen LogP contribution in [0.2, 0.25) is 0 Å². The molecule has 0 radical (unpaired) electrons. The molecular formula is C12H19NO. The Kier molecular flexibility index (Phi) is 4.11. The first-order valence-electron chi connectivity index (χ1n) is 5.09. The van der Waals surface area contributed by atoms with Gasteiger partial charge in [0.2, 0.25) is 0 Å². The van der Waals surface area contributed by atoms with Crippen molar-refractivity contribution >= 4 is 0 Å². The SMILES string of the molecule is Cc1cccc(C)c1[C@@H](N)CCCO. The zero-order chi connectivity index (χ0) is 10.6. The third-order valence-electron chi connectivity index (χ3n) is 2.59. The summed E-state index contributed by atoms with van der Waals surface area (Å²) in [7, 11) is 0. The predicted molar refractivity (Wildman–Crippen MR) is 59.2 cm³/mol. The van der Waals surface area contributed by atoms with E-state index in [9.17, 15) is 0 Å². The molecule has 0 amide bonds. The summed E-state index contributed by atoms with van der Waals surface area (Å²) < 4.78 is 0. The molecule has 0 saturated carbocycles. The van der Waals surface area contributed by atoms with E-state index in [4.69, 9.17) is 10.8 Å². The molecule has 0 aliphatic heterocycles. The highest BCUT2D eigenvalue weighted by molar-refractivity contribution is 5.35. The lowest BCUT2D eigenvalue weighted by Gasteiger charge is -2.16. The Labute approximate surface area is 85.8 Å². The van der Waals surface area contributed by atoms with Gasteiger partial charge in [0.05, 0.1) is 0 Å². The topological polar surface area (TPSA) is 46.2 Å². The molecule has 0 aromatic heterocycles. The van der Waals surface area contributed by atoms with Gasteiger partial charge in [0.25, 0.3) is 0 Å². The first-order valence-corrected chi connectivity index (χ1v) is 5.09. The first-order chi connectivity index (χ1) is 6.66. The van der Waals surface area contributed by atoms with Crippen molar-refractivity contribution in [2.45, 2.75) is 32.7 Å². The van der Waals surface area contributed by atoms with Gasteiger partial charge in [-0.1, -0.05) is 18.2 Å². The highest BCUT2D eigenvalue weighted by Crippen LogP contribution is 2.23. The molecule has 0 aliphatic carbocycles. The third-order valence-corrected chi connectivity index (χ3v) is 2.59. The molecule has 3 N–H and O–H groups in total. The maximum Gasteiger partial charge on any atom is 0.0431 e. The van der Waals surface area contributed by atoms with Crippen LogP contribution in [0.4, 0.5) is 0 Å². The fraction of sp³-hybridized carbons (Fsp3) is 0.500. The summed E-state index contributed by atoms with van der Waals surface area (Å²) in [5, 5.41) is 8.75. The second-order valence-corrected chi connectivity index (χ2v) is 3.78. The maximum atomic E-state index is 8.75. The van der Waals surface area contributed by atoms with Crippen molar-refractivity contribution in [3.63, 3.8) is 0 Å². The summed E-state index contributed by atoms with van der Waals surface area (Å²) in [6, 6.07) is 6.28. The number of aliphatic hydroxyl groups excluding tert-OH is 1. The largest absolute Gasteiger partial charge is 0.396 e. The van der Waals surface area contributed by atoms with Gasteiger partial charge in [-0.3, -0.25) is 0 Å². The van der Waals surface area contributed by atoms with E-state index in [2.05, 4.69) is 26.0 Å². The van der Waals surface area contributed by atoms with Crippen molar-refractivity contribution in [2.75, 3.05) is 6.61 Å². The van der Waals surface area contributed by atoms with E-state index in [1.54, 1.807) is 0 Å². The first kappa shape index (κ1) is 11.2. The number of hydrogen-bond donors (Lipinski definition) is 2. The lowest BCUT2D eigenvalue weighted by molar-refractivity contribution is 0.280. The van der Waals surface area contributed by atoms with E-state index in [1.807, 2.05) is 6.07 Å². The summed E-state index contributed by atoms with van der Waals surface area (Å²) in [6.07, 6.45) is 1.62. The quantitative estimate of drug-likeness (QED) is 0.769. The average molecular weight is 193 g/mol. The molecule has 0 saturated heterocycles. The number of aliphatic hydroxyl groups is 1. The minimum absolute atomic E-state index is 0.0587. The van der Waals surface area contributed by atoms with Gasteiger partial charge in [-0.25, -0.2) is 0 Å². The Balaban J connectivity index is 2.82. The second kappa shape index (κ2) is 5.13. The zero-order valence-corrected chi connectivity index (χ0v) is 8.96. The summed E-state index contributed by atoms with van der Waals surface area (Å²) in [6.45, 7) is 4.39. The van der Waals surface area contributed by atoms with Gasteiger partial charge < -0.3 is 10.8 Å². The van der Waals surface area contributed by atoms with Crippen molar-refractivity contribution in [2.24, 2.45) is 5.73 Å². The number of rotatable bonds is 4. The number of benzene rings is 1. The van der Waals surface area contributed by atoms with Crippen molar-refractivity contribution in [1.29, 1.82) is 0 Å². The third kappa shape index (κ3) is 2.56. The fourth-order valence-corrected chi connectivity index (χ4v) is 1.87. The Morgan fingerprint density at radius 2 is 1.86 bits per heavy atom. The molecule has 1 aromatic carbocycles. The molecule has 1 atom stereocenters. The summed E-state index contributed by atoms with van der Waals surface area (Å²) >= 11 is 0. The number of aryl methyl sites for hydroxylation is 2. The van der Waals surface area contributed by atoms with Crippen molar-refractivity contribution in [3.05, 3.63) is 34.9 Å². The zero-order valence-electron chi connectivity index (χ0n) is 8.96. The van der Waals surface area contributed by atoms with Crippen LogP contribution in [0.1, 0.15) is 35.6 Å². The molecule has 0 fully saturated rings. The Morgan fingerprint density at radius 3 is 2.36 bits per heavy atom. The van der Waals surface area contributed by atoms with Gasteiger partial charge in [-0.2, -0.15) is 0 Å². The van der Waals surface area contributed by atoms with Crippen LogP contribution >= 0.6 is 0 Å². The van der Waals surface area contributed by atoms with E-state index >= 15 is 0 Å². The van der Waals surface area contributed by atoms with Gasteiger partial charge in [0.15, 0.2) is 0 Å². The molecule has 2 nitrogen and oxygen atoms in total. The lowest BCUT2D eigenvalue weighted by atomic mass is 9.94.